The molecule has 2 rings (SSSR count). The van der Waals surface area contributed by atoms with Crippen molar-refractivity contribution in [1.82, 2.24) is 4.37 Å². The molecule has 1 atom stereocenters. The first-order valence-corrected chi connectivity index (χ1v) is 7.80. The normalized spacial score (nSPS) is 12.3. The standard InChI is InChI=1S/C13H17N3S2/c1-9(8-10-6-4-3-5-7-10)15-13-11(17-2)12(14)16-18-13/h3-7,9,15H,8H2,1-2H3,(H2,14,16). The van der Waals surface area contributed by atoms with Gasteiger partial charge in [-0.25, -0.2) is 0 Å². The fraction of sp³-hybridized carbons (Fsp3) is 0.308. The third-order valence-corrected chi connectivity index (χ3v) is 4.38. The van der Waals surface area contributed by atoms with Gasteiger partial charge in [-0.3, -0.25) is 0 Å². The molecule has 0 aliphatic rings. The lowest BCUT2D eigenvalue weighted by Crippen LogP contribution is -2.17. The number of thioether (sulfide) groups is 1. The zero-order valence-corrected chi connectivity index (χ0v) is 12.1. The highest BCUT2D eigenvalue weighted by Crippen LogP contribution is 2.35. The van der Waals surface area contributed by atoms with Crippen LogP contribution < -0.4 is 11.1 Å². The predicted molar refractivity (Wildman–Crippen MR) is 81.5 cm³/mol. The van der Waals surface area contributed by atoms with E-state index in [4.69, 9.17) is 5.73 Å². The molecule has 0 saturated heterocycles. The Morgan fingerprint density at radius 2 is 2.11 bits per heavy atom. The highest BCUT2D eigenvalue weighted by atomic mass is 32.2. The largest absolute Gasteiger partial charge is 0.382 e. The van der Waals surface area contributed by atoms with E-state index in [9.17, 15) is 0 Å². The van der Waals surface area contributed by atoms with E-state index in [2.05, 4.69) is 40.9 Å². The Hall–Kier alpha value is -1.20. The Kier molecular flexibility index (Phi) is 4.49. The van der Waals surface area contributed by atoms with Gasteiger partial charge >= 0.3 is 0 Å². The van der Waals surface area contributed by atoms with Gasteiger partial charge in [-0.2, -0.15) is 4.37 Å². The maximum absolute atomic E-state index is 5.82. The summed E-state index contributed by atoms with van der Waals surface area (Å²) in [6.45, 7) is 2.17. The SMILES string of the molecule is CSc1c(N)nsc1NC(C)Cc1ccccc1. The van der Waals surface area contributed by atoms with Gasteiger partial charge in [-0.1, -0.05) is 30.3 Å². The van der Waals surface area contributed by atoms with E-state index in [-0.39, 0.29) is 0 Å². The van der Waals surface area contributed by atoms with Crippen LogP contribution in [0, 0.1) is 0 Å². The minimum absolute atomic E-state index is 0.359. The molecule has 3 nitrogen and oxygen atoms in total. The van der Waals surface area contributed by atoms with Crippen molar-refractivity contribution in [2.75, 3.05) is 17.3 Å². The average molecular weight is 279 g/mol. The molecule has 0 bridgehead atoms. The molecular formula is C13H17N3S2. The Morgan fingerprint density at radius 1 is 1.39 bits per heavy atom. The maximum Gasteiger partial charge on any atom is 0.153 e. The number of rotatable bonds is 5. The van der Waals surface area contributed by atoms with Crippen molar-refractivity contribution in [3.8, 4) is 0 Å². The van der Waals surface area contributed by atoms with Crippen LogP contribution in [0.3, 0.4) is 0 Å². The monoisotopic (exact) mass is 279 g/mol. The number of nitrogen functional groups attached to an aromatic ring is 1. The first-order chi connectivity index (χ1) is 8.70. The molecule has 3 N–H and O–H groups in total. The van der Waals surface area contributed by atoms with E-state index in [1.807, 2.05) is 12.3 Å². The third kappa shape index (κ3) is 3.17. The number of nitrogens with two attached hydrogens (primary N) is 1. The summed E-state index contributed by atoms with van der Waals surface area (Å²) in [5, 5.41) is 4.56. The fourth-order valence-electron chi connectivity index (χ4n) is 1.83. The second-order valence-corrected chi connectivity index (χ2v) is 5.76. The molecule has 2 aromatic rings. The van der Waals surface area contributed by atoms with E-state index in [0.717, 1.165) is 16.3 Å². The van der Waals surface area contributed by atoms with Crippen LogP contribution in [-0.4, -0.2) is 16.7 Å². The summed E-state index contributed by atoms with van der Waals surface area (Å²) in [5.41, 5.74) is 7.15. The molecule has 0 radical (unpaired) electrons. The zero-order valence-electron chi connectivity index (χ0n) is 10.5. The molecule has 1 aromatic carbocycles. The van der Waals surface area contributed by atoms with Crippen LogP contribution in [0.5, 0.6) is 0 Å². The topological polar surface area (TPSA) is 50.9 Å². The van der Waals surface area contributed by atoms with Gasteiger partial charge < -0.3 is 11.1 Å². The van der Waals surface area contributed by atoms with Crippen molar-refractivity contribution in [3.63, 3.8) is 0 Å². The molecule has 0 amide bonds. The van der Waals surface area contributed by atoms with Crippen LogP contribution >= 0.6 is 23.3 Å². The molecule has 0 fully saturated rings. The van der Waals surface area contributed by atoms with Crippen LogP contribution in [0.1, 0.15) is 12.5 Å². The summed E-state index contributed by atoms with van der Waals surface area (Å²) in [5.74, 6) is 0.627. The van der Waals surface area contributed by atoms with Crippen molar-refractivity contribution >= 4 is 34.1 Å². The summed E-state index contributed by atoms with van der Waals surface area (Å²) < 4.78 is 4.18. The summed E-state index contributed by atoms with van der Waals surface area (Å²) in [6, 6.07) is 10.8. The number of aromatic nitrogens is 1. The molecular weight excluding hydrogens is 262 g/mol. The van der Waals surface area contributed by atoms with E-state index in [1.54, 1.807) is 11.8 Å². The summed E-state index contributed by atoms with van der Waals surface area (Å²) in [6.07, 6.45) is 3.01. The van der Waals surface area contributed by atoms with Gasteiger partial charge in [-0.05, 0) is 36.7 Å². The molecule has 1 unspecified atom stereocenters. The van der Waals surface area contributed by atoms with Crippen molar-refractivity contribution in [1.29, 1.82) is 0 Å². The van der Waals surface area contributed by atoms with Crippen LogP contribution in [0.15, 0.2) is 35.2 Å². The molecule has 96 valence electrons. The lowest BCUT2D eigenvalue weighted by Gasteiger charge is -2.14. The molecule has 1 heterocycles. The quantitative estimate of drug-likeness (QED) is 0.823. The zero-order chi connectivity index (χ0) is 13.0. The summed E-state index contributed by atoms with van der Waals surface area (Å²) >= 11 is 3.07. The lowest BCUT2D eigenvalue weighted by molar-refractivity contribution is 0.791. The Labute approximate surface area is 116 Å². The molecule has 0 aliphatic heterocycles. The number of hydrogen-bond donors (Lipinski definition) is 2. The third-order valence-electron chi connectivity index (χ3n) is 2.64. The van der Waals surface area contributed by atoms with Crippen molar-refractivity contribution in [2.24, 2.45) is 0 Å². The predicted octanol–water partition coefficient (Wildman–Crippen LogP) is 3.49. The second-order valence-electron chi connectivity index (χ2n) is 4.17. The first kappa shape index (κ1) is 13.2. The molecule has 1 aromatic heterocycles. The fourth-order valence-corrected chi connectivity index (χ4v) is 3.47. The van der Waals surface area contributed by atoms with E-state index >= 15 is 0 Å². The minimum Gasteiger partial charge on any atom is -0.382 e. The molecule has 5 heteroatoms. The van der Waals surface area contributed by atoms with Gasteiger partial charge in [0.25, 0.3) is 0 Å². The smallest absolute Gasteiger partial charge is 0.153 e. The summed E-state index contributed by atoms with van der Waals surface area (Å²) in [7, 11) is 0. The highest BCUT2D eigenvalue weighted by molar-refractivity contribution is 7.99. The van der Waals surface area contributed by atoms with Gasteiger partial charge in [0.1, 0.15) is 5.00 Å². The van der Waals surface area contributed by atoms with Gasteiger partial charge in [0.05, 0.1) is 4.90 Å². The van der Waals surface area contributed by atoms with Gasteiger partial charge in [-0.15, -0.1) is 11.8 Å². The van der Waals surface area contributed by atoms with E-state index in [1.165, 1.54) is 17.1 Å². The Balaban J connectivity index is 2.01. The maximum atomic E-state index is 5.82. The number of nitrogens with one attached hydrogen (secondary N) is 1. The van der Waals surface area contributed by atoms with E-state index in [0.29, 0.717) is 11.9 Å². The van der Waals surface area contributed by atoms with Crippen molar-refractivity contribution in [3.05, 3.63) is 35.9 Å². The Bertz CT molecular complexity index is 496. The molecule has 0 aliphatic carbocycles. The van der Waals surface area contributed by atoms with Gasteiger partial charge in [0.2, 0.25) is 0 Å². The number of benzene rings is 1. The summed E-state index contributed by atoms with van der Waals surface area (Å²) in [4.78, 5) is 1.06. The van der Waals surface area contributed by atoms with Crippen LogP contribution in [0.4, 0.5) is 10.8 Å². The molecule has 0 saturated carbocycles. The number of hydrogen-bond acceptors (Lipinski definition) is 5. The van der Waals surface area contributed by atoms with Crippen molar-refractivity contribution < 1.29 is 0 Å². The van der Waals surface area contributed by atoms with Crippen LogP contribution in [0.25, 0.3) is 0 Å². The van der Waals surface area contributed by atoms with Crippen LogP contribution in [-0.2, 0) is 6.42 Å². The Morgan fingerprint density at radius 3 is 2.78 bits per heavy atom. The number of nitrogens with zero attached hydrogens (tertiary/aromatic N) is 1. The van der Waals surface area contributed by atoms with Gasteiger partial charge in [0.15, 0.2) is 5.82 Å². The van der Waals surface area contributed by atoms with Crippen LogP contribution in [0.2, 0.25) is 0 Å². The first-order valence-electron chi connectivity index (χ1n) is 5.80. The minimum atomic E-state index is 0.359. The van der Waals surface area contributed by atoms with Crippen molar-refractivity contribution in [2.45, 2.75) is 24.3 Å². The highest BCUT2D eigenvalue weighted by Gasteiger charge is 2.12. The number of anilines is 2. The lowest BCUT2D eigenvalue weighted by atomic mass is 10.1. The molecule has 18 heavy (non-hydrogen) atoms. The van der Waals surface area contributed by atoms with Gasteiger partial charge in [0, 0.05) is 6.04 Å². The second kappa shape index (κ2) is 6.11. The van der Waals surface area contributed by atoms with E-state index < -0.39 is 0 Å². The average Bonchev–Trinajstić information content (AvgIpc) is 2.71. The molecule has 0 spiro atoms.